The standard InChI is InChI=1S/C28H34N4O4/c1-4-13-32(27(34)23-9-7-21(2)8-10-23)19-24-6-5-14-31(24)20-25-11-12-26(36-25)28(35)30-17-15-29(16-18-30)22(3)33/h5-12,14H,4,13,15-20H2,1-3H3. The Morgan fingerprint density at radius 3 is 2.31 bits per heavy atom. The predicted molar refractivity (Wildman–Crippen MR) is 137 cm³/mol. The van der Waals surface area contributed by atoms with Gasteiger partial charge in [-0.25, -0.2) is 0 Å². The second-order valence-corrected chi connectivity index (χ2v) is 9.28. The van der Waals surface area contributed by atoms with E-state index in [1.165, 1.54) is 0 Å². The van der Waals surface area contributed by atoms with Crippen molar-refractivity contribution in [2.45, 2.75) is 40.3 Å². The molecule has 3 aromatic rings. The predicted octanol–water partition coefficient (Wildman–Crippen LogP) is 3.79. The Labute approximate surface area is 212 Å². The first-order chi connectivity index (χ1) is 17.4. The van der Waals surface area contributed by atoms with Crippen LogP contribution in [-0.2, 0) is 17.9 Å². The van der Waals surface area contributed by atoms with Gasteiger partial charge in [0.05, 0.1) is 13.1 Å². The Balaban J connectivity index is 1.41. The molecule has 3 heterocycles. The highest BCUT2D eigenvalue weighted by atomic mass is 16.4. The van der Waals surface area contributed by atoms with Crippen LogP contribution in [0.2, 0.25) is 0 Å². The molecule has 190 valence electrons. The molecule has 1 aliphatic heterocycles. The van der Waals surface area contributed by atoms with Gasteiger partial charge in [0.25, 0.3) is 11.8 Å². The molecule has 36 heavy (non-hydrogen) atoms. The van der Waals surface area contributed by atoms with E-state index in [1.807, 2.05) is 65.1 Å². The number of aryl methyl sites for hydroxylation is 1. The summed E-state index contributed by atoms with van der Waals surface area (Å²) in [5.41, 5.74) is 2.80. The summed E-state index contributed by atoms with van der Waals surface area (Å²) in [5.74, 6) is 0.862. The van der Waals surface area contributed by atoms with E-state index in [0.717, 1.165) is 17.7 Å². The third-order valence-corrected chi connectivity index (χ3v) is 6.57. The molecular formula is C28H34N4O4. The number of amides is 3. The van der Waals surface area contributed by atoms with E-state index < -0.39 is 0 Å². The second kappa shape index (κ2) is 11.3. The summed E-state index contributed by atoms with van der Waals surface area (Å²) in [6.45, 7) is 9.31. The van der Waals surface area contributed by atoms with Crippen molar-refractivity contribution in [3.63, 3.8) is 0 Å². The number of nitrogens with zero attached hydrogens (tertiary/aromatic N) is 4. The first-order valence-corrected chi connectivity index (χ1v) is 12.5. The summed E-state index contributed by atoms with van der Waals surface area (Å²) in [4.78, 5) is 42.9. The first-order valence-electron chi connectivity index (χ1n) is 12.5. The number of piperazine rings is 1. The molecule has 0 saturated carbocycles. The smallest absolute Gasteiger partial charge is 0.289 e. The Morgan fingerprint density at radius 1 is 0.944 bits per heavy atom. The zero-order chi connectivity index (χ0) is 25.7. The van der Waals surface area contributed by atoms with Gasteiger partial charge in [0.2, 0.25) is 5.91 Å². The number of benzene rings is 1. The zero-order valence-corrected chi connectivity index (χ0v) is 21.3. The lowest BCUT2D eigenvalue weighted by molar-refractivity contribution is -0.130. The lowest BCUT2D eigenvalue weighted by Gasteiger charge is -2.33. The van der Waals surface area contributed by atoms with Gasteiger partial charge in [0.1, 0.15) is 5.76 Å². The van der Waals surface area contributed by atoms with Crippen LogP contribution in [-0.4, -0.2) is 69.7 Å². The Hall–Kier alpha value is -3.81. The van der Waals surface area contributed by atoms with Gasteiger partial charge in [-0.15, -0.1) is 0 Å². The Morgan fingerprint density at radius 2 is 1.64 bits per heavy atom. The number of hydrogen-bond acceptors (Lipinski definition) is 4. The number of aromatic nitrogens is 1. The van der Waals surface area contributed by atoms with Crippen molar-refractivity contribution in [1.29, 1.82) is 0 Å². The third-order valence-electron chi connectivity index (χ3n) is 6.57. The monoisotopic (exact) mass is 490 g/mol. The quantitative estimate of drug-likeness (QED) is 0.481. The van der Waals surface area contributed by atoms with Gasteiger partial charge in [-0.3, -0.25) is 14.4 Å². The molecular weight excluding hydrogens is 456 g/mol. The van der Waals surface area contributed by atoms with Crippen LogP contribution in [0.3, 0.4) is 0 Å². The molecule has 8 heteroatoms. The average Bonchev–Trinajstić information content (AvgIpc) is 3.53. The molecule has 0 spiro atoms. The van der Waals surface area contributed by atoms with Crippen molar-refractivity contribution in [3.05, 3.63) is 83.1 Å². The fraction of sp³-hybridized carbons (Fsp3) is 0.393. The zero-order valence-electron chi connectivity index (χ0n) is 21.3. The van der Waals surface area contributed by atoms with Crippen molar-refractivity contribution in [2.24, 2.45) is 0 Å². The van der Waals surface area contributed by atoms with Crippen molar-refractivity contribution in [3.8, 4) is 0 Å². The highest BCUT2D eigenvalue weighted by Crippen LogP contribution is 2.17. The summed E-state index contributed by atoms with van der Waals surface area (Å²) in [6, 6.07) is 15.2. The molecule has 0 radical (unpaired) electrons. The van der Waals surface area contributed by atoms with Crippen LogP contribution < -0.4 is 0 Å². The molecule has 0 bridgehead atoms. The largest absolute Gasteiger partial charge is 0.454 e. The third kappa shape index (κ3) is 5.87. The molecule has 0 unspecified atom stereocenters. The van der Waals surface area contributed by atoms with Gasteiger partial charge < -0.3 is 23.7 Å². The topological polar surface area (TPSA) is 79.0 Å². The molecule has 0 aliphatic carbocycles. The molecule has 3 amide bonds. The second-order valence-electron chi connectivity index (χ2n) is 9.28. The van der Waals surface area contributed by atoms with Gasteiger partial charge in [-0.2, -0.15) is 0 Å². The van der Waals surface area contributed by atoms with Gasteiger partial charge >= 0.3 is 0 Å². The first kappa shape index (κ1) is 25.3. The van der Waals surface area contributed by atoms with Crippen LogP contribution in [0.4, 0.5) is 0 Å². The maximum Gasteiger partial charge on any atom is 0.289 e. The molecule has 0 atom stereocenters. The number of carbonyl (C=O) groups is 3. The Kier molecular flexibility index (Phi) is 7.93. The van der Waals surface area contributed by atoms with Gasteiger partial charge in [-0.1, -0.05) is 24.6 Å². The summed E-state index contributed by atoms with van der Waals surface area (Å²) in [6.07, 6.45) is 2.82. The van der Waals surface area contributed by atoms with E-state index in [9.17, 15) is 14.4 Å². The summed E-state index contributed by atoms with van der Waals surface area (Å²) >= 11 is 0. The average molecular weight is 491 g/mol. The molecule has 0 N–H and O–H groups in total. The van der Waals surface area contributed by atoms with Crippen molar-refractivity contribution < 1.29 is 18.8 Å². The van der Waals surface area contributed by atoms with E-state index in [-0.39, 0.29) is 17.7 Å². The lowest BCUT2D eigenvalue weighted by Crippen LogP contribution is -2.50. The maximum atomic E-state index is 13.2. The minimum atomic E-state index is -0.157. The normalized spacial score (nSPS) is 13.6. The fourth-order valence-electron chi connectivity index (χ4n) is 4.47. The lowest BCUT2D eigenvalue weighted by atomic mass is 10.1. The van der Waals surface area contributed by atoms with E-state index in [2.05, 4.69) is 6.92 Å². The SMILES string of the molecule is CCCN(Cc1cccn1Cc1ccc(C(=O)N2CCN(C(C)=O)CC2)o1)C(=O)c1ccc(C)cc1. The number of carbonyl (C=O) groups excluding carboxylic acids is 3. The van der Waals surface area contributed by atoms with Crippen molar-refractivity contribution in [2.75, 3.05) is 32.7 Å². The van der Waals surface area contributed by atoms with Crippen LogP contribution >= 0.6 is 0 Å². The van der Waals surface area contributed by atoms with Crippen LogP contribution in [0.5, 0.6) is 0 Å². The number of rotatable bonds is 8. The van der Waals surface area contributed by atoms with Gasteiger partial charge in [0.15, 0.2) is 5.76 Å². The highest BCUT2D eigenvalue weighted by Gasteiger charge is 2.25. The minimum Gasteiger partial charge on any atom is -0.454 e. The summed E-state index contributed by atoms with van der Waals surface area (Å²) < 4.78 is 7.95. The van der Waals surface area contributed by atoms with Crippen molar-refractivity contribution >= 4 is 17.7 Å². The van der Waals surface area contributed by atoms with E-state index in [0.29, 0.717) is 62.9 Å². The van der Waals surface area contributed by atoms with Crippen LogP contribution in [0.25, 0.3) is 0 Å². The van der Waals surface area contributed by atoms with Crippen molar-refractivity contribution in [1.82, 2.24) is 19.3 Å². The minimum absolute atomic E-state index is 0.0142. The van der Waals surface area contributed by atoms with Gasteiger partial charge in [0, 0.05) is 57.1 Å². The number of furan rings is 1. The molecule has 1 saturated heterocycles. The number of hydrogen-bond donors (Lipinski definition) is 0. The fourth-order valence-corrected chi connectivity index (χ4v) is 4.47. The molecule has 1 aliphatic rings. The van der Waals surface area contributed by atoms with E-state index in [4.69, 9.17) is 4.42 Å². The van der Waals surface area contributed by atoms with E-state index >= 15 is 0 Å². The molecule has 1 aromatic carbocycles. The highest BCUT2D eigenvalue weighted by molar-refractivity contribution is 5.94. The van der Waals surface area contributed by atoms with Gasteiger partial charge in [-0.05, 0) is 49.7 Å². The molecule has 4 rings (SSSR count). The molecule has 1 fully saturated rings. The summed E-state index contributed by atoms with van der Waals surface area (Å²) in [5, 5.41) is 0. The molecule has 8 nitrogen and oxygen atoms in total. The van der Waals surface area contributed by atoms with Crippen LogP contribution in [0, 0.1) is 6.92 Å². The Bertz CT molecular complexity index is 1200. The maximum absolute atomic E-state index is 13.2. The summed E-state index contributed by atoms with van der Waals surface area (Å²) in [7, 11) is 0. The molecule has 2 aromatic heterocycles. The van der Waals surface area contributed by atoms with E-state index in [1.54, 1.807) is 22.8 Å². The van der Waals surface area contributed by atoms with Crippen LogP contribution in [0.1, 0.15) is 58.2 Å². The van der Waals surface area contributed by atoms with Crippen LogP contribution in [0.15, 0.2) is 59.1 Å².